The molecule has 0 radical (unpaired) electrons. The highest BCUT2D eigenvalue weighted by Gasteiger charge is 2.31. The molecule has 0 saturated carbocycles. The highest BCUT2D eigenvalue weighted by atomic mass is 35.5. The number of alkyl halides is 3. The number of ether oxygens (including phenoxy) is 1. The van der Waals surface area contributed by atoms with Crippen molar-refractivity contribution in [3.8, 4) is 17.0 Å². The molecule has 0 aliphatic heterocycles. The van der Waals surface area contributed by atoms with Crippen LogP contribution >= 0.6 is 11.6 Å². The fourth-order valence-electron chi connectivity index (χ4n) is 1.51. The summed E-state index contributed by atoms with van der Waals surface area (Å²) in [7, 11) is 0. The SMILES string of the molecule is O=c1cccc(-c2cc(OC(F)(F)F)ccc2Cl)[nH]1. The maximum Gasteiger partial charge on any atom is 0.573 e. The highest BCUT2D eigenvalue weighted by Crippen LogP contribution is 2.32. The van der Waals surface area contributed by atoms with Crippen LogP contribution in [0.2, 0.25) is 5.02 Å². The van der Waals surface area contributed by atoms with Gasteiger partial charge in [0.25, 0.3) is 0 Å². The first-order valence-corrected chi connectivity index (χ1v) is 5.48. The van der Waals surface area contributed by atoms with E-state index < -0.39 is 12.1 Å². The Labute approximate surface area is 110 Å². The summed E-state index contributed by atoms with van der Waals surface area (Å²) in [5.41, 5.74) is 0.182. The predicted molar refractivity (Wildman–Crippen MR) is 64.2 cm³/mol. The summed E-state index contributed by atoms with van der Waals surface area (Å²) in [5.74, 6) is -0.406. The smallest absolute Gasteiger partial charge is 0.406 e. The fourth-order valence-corrected chi connectivity index (χ4v) is 1.73. The third-order valence-corrected chi connectivity index (χ3v) is 2.56. The van der Waals surface area contributed by atoms with E-state index in [0.29, 0.717) is 5.69 Å². The van der Waals surface area contributed by atoms with Crippen LogP contribution in [0.15, 0.2) is 41.2 Å². The number of hydrogen-bond donors (Lipinski definition) is 1. The Kier molecular flexibility index (Phi) is 3.53. The summed E-state index contributed by atoms with van der Waals surface area (Å²) in [6.07, 6.45) is -4.78. The monoisotopic (exact) mass is 289 g/mol. The molecule has 0 saturated heterocycles. The van der Waals surface area contributed by atoms with E-state index in [4.69, 9.17) is 11.6 Å². The lowest BCUT2D eigenvalue weighted by atomic mass is 10.1. The molecule has 19 heavy (non-hydrogen) atoms. The van der Waals surface area contributed by atoms with Gasteiger partial charge in [-0.15, -0.1) is 13.2 Å². The number of hydrogen-bond acceptors (Lipinski definition) is 2. The van der Waals surface area contributed by atoms with Gasteiger partial charge in [0, 0.05) is 17.3 Å². The lowest BCUT2D eigenvalue weighted by Gasteiger charge is -2.11. The van der Waals surface area contributed by atoms with Crippen molar-refractivity contribution in [2.24, 2.45) is 0 Å². The molecule has 0 atom stereocenters. The van der Waals surface area contributed by atoms with Gasteiger partial charge in [-0.3, -0.25) is 4.79 Å². The van der Waals surface area contributed by atoms with Crippen LogP contribution in [0.4, 0.5) is 13.2 Å². The van der Waals surface area contributed by atoms with Gasteiger partial charge in [0.1, 0.15) is 5.75 Å². The van der Waals surface area contributed by atoms with Crippen LogP contribution in [0.3, 0.4) is 0 Å². The number of H-pyrrole nitrogens is 1. The van der Waals surface area contributed by atoms with Crippen LogP contribution in [-0.2, 0) is 0 Å². The molecule has 100 valence electrons. The second-order valence-corrected chi connectivity index (χ2v) is 4.03. The van der Waals surface area contributed by atoms with Crippen molar-refractivity contribution in [2.45, 2.75) is 6.36 Å². The molecule has 1 heterocycles. The summed E-state index contributed by atoms with van der Waals surface area (Å²) < 4.78 is 40.2. The van der Waals surface area contributed by atoms with Gasteiger partial charge in [-0.1, -0.05) is 17.7 Å². The number of pyridine rings is 1. The average molecular weight is 290 g/mol. The fraction of sp³-hybridized carbons (Fsp3) is 0.0833. The number of nitrogens with one attached hydrogen (secondary N) is 1. The molecule has 1 aromatic carbocycles. The van der Waals surface area contributed by atoms with Crippen molar-refractivity contribution in [3.05, 3.63) is 51.8 Å². The van der Waals surface area contributed by atoms with E-state index in [1.54, 1.807) is 0 Å². The molecule has 1 N–H and O–H groups in total. The number of aromatic nitrogens is 1. The van der Waals surface area contributed by atoms with Crippen LogP contribution in [0, 0.1) is 0 Å². The first kappa shape index (κ1) is 13.5. The van der Waals surface area contributed by atoms with E-state index in [1.807, 2.05) is 0 Å². The molecule has 7 heteroatoms. The second-order valence-electron chi connectivity index (χ2n) is 3.62. The Morgan fingerprint density at radius 2 is 1.89 bits per heavy atom. The third-order valence-electron chi connectivity index (χ3n) is 2.23. The van der Waals surface area contributed by atoms with Gasteiger partial charge in [0.2, 0.25) is 5.56 Å². The van der Waals surface area contributed by atoms with E-state index in [1.165, 1.54) is 24.3 Å². The van der Waals surface area contributed by atoms with Crippen molar-refractivity contribution in [3.63, 3.8) is 0 Å². The largest absolute Gasteiger partial charge is 0.573 e. The molecule has 0 aliphatic carbocycles. The van der Waals surface area contributed by atoms with Crippen LogP contribution < -0.4 is 10.3 Å². The summed E-state index contributed by atoms with van der Waals surface area (Å²) >= 11 is 5.90. The molecule has 0 fully saturated rings. The Morgan fingerprint density at radius 1 is 1.16 bits per heavy atom. The maximum atomic E-state index is 12.1. The molecule has 3 nitrogen and oxygen atoms in total. The van der Waals surface area contributed by atoms with Crippen molar-refractivity contribution in [1.82, 2.24) is 4.98 Å². The zero-order chi connectivity index (χ0) is 14.0. The molecule has 1 aromatic heterocycles. The zero-order valence-corrected chi connectivity index (χ0v) is 10.0. The molecular weight excluding hydrogens is 283 g/mol. The van der Waals surface area contributed by atoms with Gasteiger partial charge >= 0.3 is 6.36 Å². The van der Waals surface area contributed by atoms with Gasteiger partial charge in [0.05, 0.1) is 5.02 Å². The van der Waals surface area contributed by atoms with Crippen molar-refractivity contribution in [1.29, 1.82) is 0 Å². The minimum absolute atomic E-state index is 0.205. The number of rotatable bonds is 2. The molecule has 2 aromatic rings. The maximum absolute atomic E-state index is 12.1. The minimum Gasteiger partial charge on any atom is -0.406 e. The number of benzene rings is 1. The molecule has 0 amide bonds. The second kappa shape index (κ2) is 4.97. The molecule has 0 bridgehead atoms. The quantitative estimate of drug-likeness (QED) is 0.918. The van der Waals surface area contributed by atoms with Crippen LogP contribution in [0.25, 0.3) is 11.3 Å². The van der Waals surface area contributed by atoms with Crippen molar-refractivity contribution < 1.29 is 17.9 Å². The third kappa shape index (κ3) is 3.51. The zero-order valence-electron chi connectivity index (χ0n) is 9.29. The molecule has 0 aliphatic rings. The summed E-state index contributed by atoms with van der Waals surface area (Å²) in [5, 5.41) is 0.205. The van der Waals surface area contributed by atoms with E-state index in [-0.39, 0.29) is 16.1 Å². The van der Waals surface area contributed by atoms with Crippen molar-refractivity contribution >= 4 is 11.6 Å². The van der Waals surface area contributed by atoms with E-state index in [2.05, 4.69) is 9.72 Å². The van der Waals surface area contributed by atoms with Crippen molar-refractivity contribution in [2.75, 3.05) is 0 Å². The number of halogens is 4. The predicted octanol–water partition coefficient (Wildman–Crippen LogP) is 3.59. The van der Waals surface area contributed by atoms with Crippen LogP contribution in [0.5, 0.6) is 5.75 Å². The summed E-state index contributed by atoms with van der Waals surface area (Å²) in [6.45, 7) is 0. The summed E-state index contributed by atoms with van der Waals surface area (Å²) in [6, 6.07) is 7.76. The molecular formula is C12H7ClF3NO2. The number of aromatic amines is 1. The van der Waals surface area contributed by atoms with E-state index >= 15 is 0 Å². The standard InChI is InChI=1S/C12H7ClF3NO2/c13-9-5-4-7(19-12(14,15)16)6-8(9)10-2-1-3-11(18)17-10/h1-6H,(H,17,18). The Balaban J connectivity index is 2.46. The minimum atomic E-state index is -4.78. The Morgan fingerprint density at radius 3 is 2.53 bits per heavy atom. The Hall–Kier alpha value is -1.95. The van der Waals surface area contributed by atoms with Gasteiger partial charge in [-0.25, -0.2) is 0 Å². The highest BCUT2D eigenvalue weighted by molar-refractivity contribution is 6.33. The normalized spacial score (nSPS) is 11.4. The Bertz CT molecular complexity index is 652. The van der Waals surface area contributed by atoms with Gasteiger partial charge in [-0.2, -0.15) is 0 Å². The van der Waals surface area contributed by atoms with E-state index in [9.17, 15) is 18.0 Å². The topological polar surface area (TPSA) is 42.1 Å². The first-order chi connectivity index (χ1) is 8.85. The van der Waals surface area contributed by atoms with E-state index in [0.717, 1.165) is 12.1 Å². The van der Waals surface area contributed by atoms with Crippen LogP contribution in [0.1, 0.15) is 0 Å². The lowest BCUT2D eigenvalue weighted by Crippen LogP contribution is -2.17. The average Bonchev–Trinajstić information content (AvgIpc) is 2.30. The molecule has 0 spiro atoms. The lowest BCUT2D eigenvalue weighted by molar-refractivity contribution is -0.274. The molecule has 2 rings (SSSR count). The molecule has 0 unspecified atom stereocenters. The van der Waals surface area contributed by atoms with Gasteiger partial charge in [-0.05, 0) is 24.3 Å². The van der Waals surface area contributed by atoms with Crippen LogP contribution in [-0.4, -0.2) is 11.3 Å². The summed E-state index contributed by atoms with van der Waals surface area (Å²) in [4.78, 5) is 13.7. The van der Waals surface area contributed by atoms with Gasteiger partial charge < -0.3 is 9.72 Å². The first-order valence-electron chi connectivity index (χ1n) is 5.10. The van der Waals surface area contributed by atoms with Gasteiger partial charge in [0.15, 0.2) is 0 Å².